The molecule has 0 spiro atoms. The number of hydrogen-bond acceptors (Lipinski definition) is 5. The van der Waals surface area contributed by atoms with Crippen LogP contribution >= 0.6 is 11.6 Å². The van der Waals surface area contributed by atoms with Crippen LogP contribution in [-0.4, -0.2) is 37.2 Å². The third-order valence-electron chi connectivity index (χ3n) is 5.06. The van der Waals surface area contributed by atoms with Crippen LogP contribution < -0.4 is 5.32 Å². The van der Waals surface area contributed by atoms with Gasteiger partial charge in [-0.2, -0.15) is 13.2 Å². The second kappa shape index (κ2) is 11.4. The molecule has 6 nitrogen and oxygen atoms in total. The first-order chi connectivity index (χ1) is 14.6. The van der Waals surface area contributed by atoms with E-state index in [4.69, 9.17) is 16.3 Å². The molecule has 172 valence electrons. The number of rotatable bonds is 8. The minimum Gasteiger partial charge on any atom is -0.466 e. The summed E-state index contributed by atoms with van der Waals surface area (Å²) in [5.41, 5.74) is 0.498. The predicted molar refractivity (Wildman–Crippen MR) is 106 cm³/mol. The average molecular weight is 464 g/mol. The number of ether oxygens (including phenoxy) is 2. The highest BCUT2D eigenvalue weighted by Gasteiger charge is 2.39. The van der Waals surface area contributed by atoms with E-state index in [1.165, 1.54) is 0 Å². The van der Waals surface area contributed by atoms with Gasteiger partial charge in [-0.15, -0.1) is 0 Å². The van der Waals surface area contributed by atoms with E-state index in [0.29, 0.717) is 29.8 Å². The van der Waals surface area contributed by atoms with E-state index >= 15 is 0 Å². The molecular formula is C21H25ClF3NO5. The fourth-order valence-electron chi connectivity index (χ4n) is 3.65. The van der Waals surface area contributed by atoms with Gasteiger partial charge in [-0.25, -0.2) is 0 Å². The molecule has 0 unspecified atom stereocenters. The van der Waals surface area contributed by atoms with Crippen LogP contribution in [0.2, 0.25) is 5.02 Å². The van der Waals surface area contributed by atoms with Gasteiger partial charge in [0.2, 0.25) is 5.91 Å². The molecule has 3 atom stereocenters. The molecule has 0 radical (unpaired) electrons. The molecular weight excluding hydrogens is 439 g/mol. The highest BCUT2D eigenvalue weighted by molar-refractivity contribution is 6.31. The number of benzene rings is 1. The normalized spacial score (nSPS) is 19.9. The van der Waals surface area contributed by atoms with Crippen LogP contribution in [0.15, 0.2) is 24.3 Å². The molecule has 1 amide bonds. The fourth-order valence-corrected chi connectivity index (χ4v) is 3.92. The molecule has 1 aromatic carbocycles. The van der Waals surface area contributed by atoms with Crippen molar-refractivity contribution in [3.05, 3.63) is 34.9 Å². The molecule has 2 rings (SSSR count). The molecule has 0 saturated heterocycles. The van der Waals surface area contributed by atoms with E-state index in [9.17, 15) is 27.6 Å². The molecule has 1 saturated carbocycles. The lowest BCUT2D eigenvalue weighted by Crippen LogP contribution is -2.42. The van der Waals surface area contributed by atoms with Crippen molar-refractivity contribution >= 4 is 29.4 Å². The molecule has 1 aliphatic carbocycles. The third-order valence-corrected chi connectivity index (χ3v) is 5.40. The van der Waals surface area contributed by atoms with Gasteiger partial charge < -0.3 is 14.8 Å². The predicted octanol–water partition coefficient (Wildman–Crippen LogP) is 4.36. The Bertz CT molecular complexity index is 787. The Morgan fingerprint density at radius 1 is 1.13 bits per heavy atom. The maximum Gasteiger partial charge on any atom is 0.422 e. The summed E-state index contributed by atoms with van der Waals surface area (Å²) in [6, 6.07) is 5.85. The molecule has 0 heterocycles. The lowest BCUT2D eigenvalue weighted by atomic mass is 9.78. The quantitative estimate of drug-likeness (QED) is 0.579. The first kappa shape index (κ1) is 25.0. The Hall–Kier alpha value is -2.29. The number of nitrogens with one attached hydrogen (secondary N) is 1. The van der Waals surface area contributed by atoms with Crippen LogP contribution in [0, 0.1) is 11.8 Å². The Morgan fingerprint density at radius 2 is 1.77 bits per heavy atom. The van der Waals surface area contributed by atoms with Crippen molar-refractivity contribution in [2.24, 2.45) is 11.8 Å². The van der Waals surface area contributed by atoms with Gasteiger partial charge in [0.1, 0.15) is 0 Å². The minimum atomic E-state index is -4.64. The van der Waals surface area contributed by atoms with E-state index in [1.807, 2.05) is 0 Å². The topological polar surface area (TPSA) is 81.7 Å². The Labute approximate surface area is 183 Å². The van der Waals surface area contributed by atoms with Gasteiger partial charge in [0.25, 0.3) is 0 Å². The van der Waals surface area contributed by atoms with Crippen LogP contribution in [-0.2, 0) is 23.9 Å². The number of esters is 2. The number of halogens is 4. The summed E-state index contributed by atoms with van der Waals surface area (Å²) in [6.07, 6.45) is -2.99. The summed E-state index contributed by atoms with van der Waals surface area (Å²) in [4.78, 5) is 37.3. The summed E-state index contributed by atoms with van der Waals surface area (Å²) in [5, 5.41) is 3.07. The zero-order valence-electron chi connectivity index (χ0n) is 17.0. The summed E-state index contributed by atoms with van der Waals surface area (Å²) in [7, 11) is 0. The van der Waals surface area contributed by atoms with Crippen LogP contribution in [0.3, 0.4) is 0 Å². The van der Waals surface area contributed by atoms with E-state index < -0.39 is 48.5 Å². The fraction of sp³-hybridized carbons (Fsp3) is 0.571. The largest absolute Gasteiger partial charge is 0.466 e. The summed E-state index contributed by atoms with van der Waals surface area (Å²) >= 11 is 6.23. The van der Waals surface area contributed by atoms with Crippen molar-refractivity contribution in [2.45, 2.75) is 51.2 Å². The molecule has 0 bridgehead atoms. The maximum atomic E-state index is 13.0. The summed E-state index contributed by atoms with van der Waals surface area (Å²) in [5.74, 6) is -3.97. The van der Waals surface area contributed by atoms with Gasteiger partial charge in [0.15, 0.2) is 6.61 Å². The zero-order valence-corrected chi connectivity index (χ0v) is 17.8. The highest BCUT2D eigenvalue weighted by atomic mass is 35.5. The van der Waals surface area contributed by atoms with Gasteiger partial charge in [0, 0.05) is 5.02 Å². The van der Waals surface area contributed by atoms with Crippen molar-refractivity contribution in [3.8, 4) is 0 Å². The van der Waals surface area contributed by atoms with Crippen molar-refractivity contribution in [1.29, 1.82) is 0 Å². The number of hydrogen-bond donors (Lipinski definition) is 1. The minimum absolute atomic E-state index is 0.164. The van der Waals surface area contributed by atoms with Crippen LogP contribution in [0.5, 0.6) is 0 Å². The van der Waals surface area contributed by atoms with Gasteiger partial charge in [-0.1, -0.05) is 42.6 Å². The van der Waals surface area contributed by atoms with Crippen molar-refractivity contribution < 1.29 is 37.0 Å². The van der Waals surface area contributed by atoms with E-state index in [-0.39, 0.29) is 19.4 Å². The highest BCUT2D eigenvalue weighted by Crippen LogP contribution is 2.33. The molecule has 0 aliphatic heterocycles. The lowest BCUT2D eigenvalue weighted by Gasteiger charge is -2.30. The maximum absolute atomic E-state index is 13.0. The molecule has 10 heteroatoms. The van der Waals surface area contributed by atoms with Gasteiger partial charge in [-0.3, -0.25) is 14.4 Å². The first-order valence-electron chi connectivity index (χ1n) is 10.1. The van der Waals surface area contributed by atoms with Gasteiger partial charge in [-0.05, 0) is 31.4 Å². The Morgan fingerprint density at radius 3 is 2.39 bits per heavy atom. The van der Waals surface area contributed by atoms with Crippen LogP contribution in [0.25, 0.3) is 0 Å². The number of carbonyl (C=O) groups is 3. The number of amides is 1. The van der Waals surface area contributed by atoms with Crippen LogP contribution in [0.4, 0.5) is 13.2 Å². The molecule has 31 heavy (non-hydrogen) atoms. The first-order valence-corrected chi connectivity index (χ1v) is 10.4. The van der Waals surface area contributed by atoms with Crippen LogP contribution in [0.1, 0.15) is 50.6 Å². The number of alkyl halides is 3. The van der Waals surface area contributed by atoms with Crippen molar-refractivity contribution in [1.82, 2.24) is 5.32 Å². The van der Waals surface area contributed by atoms with E-state index in [2.05, 4.69) is 10.1 Å². The molecule has 1 N–H and O–H groups in total. The summed E-state index contributed by atoms with van der Waals surface area (Å²) < 4.78 is 46.6. The molecule has 1 fully saturated rings. The SMILES string of the molecule is CCOC(=O)C[C@@H](NC(=O)[C@@H]1CCCC[C@@H]1C(=O)OCC(F)(F)F)c1ccccc1Cl. The molecule has 1 aliphatic rings. The summed E-state index contributed by atoms with van der Waals surface area (Å²) in [6.45, 7) is 0.125. The van der Waals surface area contributed by atoms with Gasteiger partial charge >= 0.3 is 18.1 Å². The smallest absolute Gasteiger partial charge is 0.422 e. The monoisotopic (exact) mass is 463 g/mol. The molecule has 1 aromatic rings. The van der Waals surface area contributed by atoms with Crippen molar-refractivity contribution in [3.63, 3.8) is 0 Å². The second-order valence-corrected chi connectivity index (χ2v) is 7.72. The van der Waals surface area contributed by atoms with Crippen molar-refractivity contribution in [2.75, 3.05) is 13.2 Å². The molecule has 0 aromatic heterocycles. The standard InChI is InChI=1S/C21H25ClF3NO5/c1-2-30-18(27)11-17(15-9-5-6-10-16(15)22)26-19(28)13-7-3-4-8-14(13)20(29)31-12-21(23,24)25/h5-6,9-10,13-14,17H,2-4,7-8,11-12H2,1H3,(H,26,28)/t13-,14+,17-/m1/s1. The Kier molecular flexibility index (Phi) is 9.15. The van der Waals surface area contributed by atoms with Gasteiger partial charge in [0.05, 0.1) is 30.9 Å². The third kappa shape index (κ3) is 7.72. The lowest BCUT2D eigenvalue weighted by molar-refractivity contribution is -0.191. The second-order valence-electron chi connectivity index (χ2n) is 7.31. The Balaban J connectivity index is 2.16. The average Bonchev–Trinajstić information content (AvgIpc) is 2.71. The van der Waals surface area contributed by atoms with E-state index in [0.717, 1.165) is 0 Å². The van der Waals surface area contributed by atoms with E-state index in [1.54, 1.807) is 31.2 Å². The number of carbonyl (C=O) groups excluding carboxylic acids is 3. The zero-order chi connectivity index (χ0) is 23.0.